The highest BCUT2D eigenvalue weighted by molar-refractivity contribution is 5.82. The number of nitrogens with zero attached hydrogens (tertiary/aromatic N) is 2. The van der Waals surface area contributed by atoms with Crippen LogP contribution in [-0.2, 0) is 9.59 Å². The molecular formula is C13H24N4O2. The summed E-state index contributed by atoms with van der Waals surface area (Å²) in [5.41, 5.74) is 0. The predicted molar refractivity (Wildman–Crippen MR) is 72.7 cm³/mol. The Hall–Kier alpha value is -1.14. The van der Waals surface area contributed by atoms with Crippen molar-refractivity contribution in [1.29, 1.82) is 0 Å². The second kappa shape index (κ2) is 6.34. The lowest BCUT2D eigenvalue weighted by Crippen LogP contribution is -2.59. The molecule has 0 radical (unpaired) electrons. The Morgan fingerprint density at radius 2 is 1.68 bits per heavy atom. The topological polar surface area (TPSA) is 64.7 Å². The highest BCUT2D eigenvalue weighted by Crippen LogP contribution is 2.06. The summed E-state index contributed by atoms with van der Waals surface area (Å²) in [5, 5.41) is 6.61. The van der Waals surface area contributed by atoms with Crippen LogP contribution in [0.5, 0.6) is 0 Å². The first-order chi connectivity index (χ1) is 9.08. The highest BCUT2D eigenvalue weighted by atomic mass is 16.2. The summed E-state index contributed by atoms with van der Waals surface area (Å²) >= 11 is 0. The Bertz CT molecular complexity index is 340. The number of rotatable bonds is 1. The summed E-state index contributed by atoms with van der Waals surface area (Å²) < 4.78 is 0. The molecule has 0 spiro atoms. The molecule has 0 aromatic heterocycles. The molecule has 2 aliphatic heterocycles. The first-order valence-electron chi connectivity index (χ1n) is 7.09. The number of amides is 2. The van der Waals surface area contributed by atoms with Gasteiger partial charge in [0.25, 0.3) is 0 Å². The zero-order chi connectivity index (χ0) is 13.8. The maximum Gasteiger partial charge on any atom is 0.241 e. The van der Waals surface area contributed by atoms with Crippen molar-refractivity contribution in [2.24, 2.45) is 0 Å². The Balaban J connectivity index is 1.87. The van der Waals surface area contributed by atoms with E-state index in [2.05, 4.69) is 17.6 Å². The number of carbonyl (C=O) groups is 2. The summed E-state index contributed by atoms with van der Waals surface area (Å²) in [6, 6.07) is 0.293. The van der Waals surface area contributed by atoms with Gasteiger partial charge in [0.2, 0.25) is 11.8 Å². The normalized spacial score (nSPS) is 28.9. The molecule has 2 unspecified atom stereocenters. The Morgan fingerprint density at radius 3 is 2.32 bits per heavy atom. The quantitative estimate of drug-likeness (QED) is 0.641. The Morgan fingerprint density at radius 1 is 1.00 bits per heavy atom. The van der Waals surface area contributed by atoms with Crippen LogP contribution in [0.2, 0.25) is 0 Å². The molecule has 0 saturated carbocycles. The minimum atomic E-state index is -0.125. The zero-order valence-corrected chi connectivity index (χ0v) is 11.8. The number of carbonyl (C=O) groups excluding carboxylic acids is 2. The van der Waals surface area contributed by atoms with Gasteiger partial charge in [-0.2, -0.15) is 0 Å². The van der Waals surface area contributed by atoms with Gasteiger partial charge in [0, 0.05) is 52.2 Å². The maximum absolute atomic E-state index is 12.4. The van der Waals surface area contributed by atoms with E-state index in [0.29, 0.717) is 25.7 Å². The predicted octanol–water partition coefficient (Wildman–Crippen LogP) is -0.983. The molecule has 2 N–H and O–H groups in total. The number of hydrogen-bond acceptors (Lipinski definition) is 4. The van der Waals surface area contributed by atoms with Gasteiger partial charge in [-0.05, 0) is 13.3 Å². The second-order valence-electron chi connectivity index (χ2n) is 5.46. The van der Waals surface area contributed by atoms with Crippen LogP contribution in [0.15, 0.2) is 0 Å². The Labute approximate surface area is 114 Å². The van der Waals surface area contributed by atoms with E-state index in [1.54, 1.807) is 6.92 Å². The molecule has 2 saturated heterocycles. The third-order valence-corrected chi connectivity index (χ3v) is 3.89. The average molecular weight is 268 g/mol. The van der Waals surface area contributed by atoms with Crippen LogP contribution >= 0.6 is 0 Å². The van der Waals surface area contributed by atoms with Crippen molar-refractivity contribution >= 4 is 11.8 Å². The molecule has 2 amide bonds. The van der Waals surface area contributed by atoms with Gasteiger partial charge in [0.05, 0.1) is 6.04 Å². The van der Waals surface area contributed by atoms with Crippen LogP contribution in [0.25, 0.3) is 0 Å². The largest absolute Gasteiger partial charge is 0.341 e. The second-order valence-corrected chi connectivity index (χ2v) is 5.46. The van der Waals surface area contributed by atoms with Crippen LogP contribution < -0.4 is 10.6 Å². The van der Waals surface area contributed by atoms with Crippen molar-refractivity contribution < 1.29 is 9.59 Å². The molecule has 2 aliphatic rings. The van der Waals surface area contributed by atoms with Crippen molar-refractivity contribution in [2.75, 3.05) is 39.3 Å². The van der Waals surface area contributed by atoms with E-state index in [1.165, 1.54) is 0 Å². The highest BCUT2D eigenvalue weighted by Gasteiger charge is 2.28. The van der Waals surface area contributed by atoms with E-state index >= 15 is 0 Å². The lowest BCUT2D eigenvalue weighted by Gasteiger charge is -2.32. The monoisotopic (exact) mass is 268 g/mol. The first kappa shape index (κ1) is 14.3. The fourth-order valence-electron chi connectivity index (χ4n) is 2.63. The molecule has 2 fully saturated rings. The minimum Gasteiger partial charge on any atom is -0.341 e. The minimum absolute atomic E-state index is 0.0978. The molecule has 2 atom stereocenters. The molecule has 2 heterocycles. The fraction of sp³-hybridized carbons (Fsp3) is 0.846. The summed E-state index contributed by atoms with van der Waals surface area (Å²) in [6.07, 6.45) is 0.863. The van der Waals surface area contributed by atoms with Crippen molar-refractivity contribution in [3.63, 3.8) is 0 Å². The van der Waals surface area contributed by atoms with Gasteiger partial charge < -0.3 is 20.4 Å². The van der Waals surface area contributed by atoms with Gasteiger partial charge >= 0.3 is 0 Å². The summed E-state index contributed by atoms with van der Waals surface area (Å²) in [7, 11) is 0. The van der Waals surface area contributed by atoms with Gasteiger partial charge in [-0.1, -0.05) is 0 Å². The van der Waals surface area contributed by atoms with Gasteiger partial charge in [0.15, 0.2) is 0 Å². The van der Waals surface area contributed by atoms with Gasteiger partial charge in [-0.3, -0.25) is 9.59 Å². The van der Waals surface area contributed by atoms with Gasteiger partial charge in [-0.25, -0.2) is 0 Å². The molecule has 108 valence electrons. The smallest absolute Gasteiger partial charge is 0.241 e. The maximum atomic E-state index is 12.4. The van der Waals surface area contributed by atoms with Crippen LogP contribution in [-0.4, -0.2) is 73.0 Å². The molecular weight excluding hydrogens is 244 g/mol. The van der Waals surface area contributed by atoms with Crippen molar-refractivity contribution in [2.45, 2.75) is 32.4 Å². The van der Waals surface area contributed by atoms with E-state index in [4.69, 9.17) is 0 Å². The van der Waals surface area contributed by atoms with E-state index < -0.39 is 0 Å². The Kier molecular flexibility index (Phi) is 4.76. The molecule has 6 heteroatoms. The number of piperazine rings is 1. The molecule has 6 nitrogen and oxygen atoms in total. The molecule has 0 aromatic carbocycles. The van der Waals surface area contributed by atoms with Gasteiger partial charge in [-0.15, -0.1) is 0 Å². The van der Waals surface area contributed by atoms with Crippen molar-refractivity contribution in [3.8, 4) is 0 Å². The summed E-state index contributed by atoms with van der Waals surface area (Å²) in [5.74, 6) is 0.255. The van der Waals surface area contributed by atoms with E-state index in [0.717, 1.165) is 26.1 Å². The van der Waals surface area contributed by atoms with E-state index in [9.17, 15) is 9.59 Å². The fourth-order valence-corrected chi connectivity index (χ4v) is 2.63. The van der Waals surface area contributed by atoms with Gasteiger partial charge in [0.1, 0.15) is 0 Å². The third-order valence-electron chi connectivity index (χ3n) is 3.89. The average Bonchev–Trinajstić information content (AvgIpc) is 2.64. The first-order valence-corrected chi connectivity index (χ1v) is 7.09. The van der Waals surface area contributed by atoms with Crippen LogP contribution in [0.4, 0.5) is 0 Å². The lowest BCUT2D eigenvalue weighted by atomic mass is 10.1. The molecule has 19 heavy (non-hydrogen) atoms. The van der Waals surface area contributed by atoms with E-state index in [-0.39, 0.29) is 17.9 Å². The van der Waals surface area contributed by atoms with E-state index in [1.807, 2.05) is 9.80 Å². The zero-order valence-electron chi connectivity index (χ0n) is 11.8. The summed E-state index contributed by atoms with van der Waals surface area (Å²) in [4.78, 5) is 27.5. The van der Waals surface area contributed by atoms with Crippen LogP contribution in [0.1, 0.15) is 20.3 Å². The molecule has 0 aromatic rings. The summed E-state index contributed by atoms with van der Waals surface area (Å²) in [6.45, 7) is 8.00. The SMILES string of the molecule is CC(=O)N1CCCN(C(=O)C2CNC(C)CN2)CC1. The molecule has 2 rings (SSSR count). The standard InChI is InChI=1S/C13H24N4O2/c1-10-8-15-12(9-14-10)13(19)17-5-3-4-16(6-7-17)11(2)18/h10,12,14-15H,3-9H2,1-2H3. The van der Waals surface area contributed by atoms with Crippen LogP contribution in [0, 0.1) is 0 Å². The van der Waals surface area contributed by atoms with Crippen molar-refractivity contribution in [1.82, 2.24) is 20.4 Å². The number of hydrogen-bond donors (Lipinski definition) is 2. The third kappa shape index (κ3) is 3.67. The number of nitrogens with one attached hydrogen (secondary N) is 2. The lowest BCUT2D eigenvalue weighted by molar-refractivity contribution is -0.134. The molecule has 0 bridgehead atoms. The van der Waals surface area contributed by atoms with Crippen LogP contribution in [0.3, 0.4) is 0 Å². The van der Waals surface area contributed by atoms with Crippen molar-refractivity contribution in [3.05, 3.63) is 0 Å². The molecule has 0 aliphatic carbocycles.